The summed E-state index contributed by atoms with van der Waals surface area (Å²) < 4.78 is 18.3. The smallest absolute Gasteiger partial charge is 0.305 e. The molecule has 1 amide bonds. The molecule has 0 spiro atoms. The Morgan fingerprint density at radius 3 is 2.65 bits per heavy atom. The summed E-state index contributed by atoms with van der Waals surface area (Å²) in [6, 6.07) is 8.39. The van der Waals surface area contributed by atoms with E-state index >= 15 is 0 Å². The van der Waals surface area contributed by atoms with Crippen LogP contribution in [0.1, 0.15) is 36.1 Å². The van der Waals surface area contributed by atoms with Crippen molar-refractivity contribution in [1.82, 2.24) is 5.32 Å². The zero-order chi connectivity index (χ0) is 16.4. The first-order valence-corrected chi connectivity index (χ1v) is 7.35. The quantitative estimate of drug-likeness (QED) is 0.858. The van der Waals surface area contributed by atoms with Crippen molar-refractivity contribution in [3.8, 4) is 0 Å². The van der Waals surface area contributed by atoms with Gasteiger partial charge in [0.15, 0.2) is 0 Å². The molecule has 0 aliphatic heterocycles. The van der Waals surface area contributed by atoms with Crippen LogP contribution in [0.4, 0.5) is 4.39 Å². The van der Waals surface area contributed by atoms with Crippen molar-refractivity contribution < 1.29 is 23.5 Å². The Bertz CT molecular complexity index is 696. The van der Waals surface area contributed by atoms with E-state index in [0.29, 0.717) is 12.0 Å². The molecule has 1 aromatic carbocycles. The number of aliphatic carboxylic acids is 1. The van der Waals surface area contributed by atoms with E-state index in [1.165, 1.54) is 24.3 Å². The molecule has 1 aliphatic rings. The molecule has 2 N–H and O–H groups in total. The second kappa shape index (κ2) is 6.24. The lowest BCUT2D eigenvalue weighted by Gasteiger charge is -2.17. The average molecular weight is 317 g/mol. The summed E-state index contributed by atoms with van der Waals surface area (Å²) in [7, 11) is 0. The third-order valence-corrected chi connectivity index (χ3v) is 4.00. The molecule has 23 heavy (non-hydrogen) atoms. The lowest BCUT2D eigenvalue weighted by Crippen LogP contribution is -2.31. The van der Waals surface area contributed by atoms with Gasteiger partial charge in [0.25, 0.3) is 0 Å². The first-order chi connectivity index (χ1) is 11.0. The van der Waals surface area contributed by atoms with E-state index in [0.717, 1.165) is 5.76 Å². The number of carboxylic acids is 1. The van der Waals surface area contributed by atoms with Crippen LogP contribution < -0.4 is 5.32 Å². The van der Waals surface area contributed by atoms with Crippen LogP contribution in [0.2, 0.25) is 0 Å². The van der Waals surface area contributed by atoms with Crippen LogP contribution >= 0.6 is 0 Å². The van der Waals surface area contributed by atoms with Gasteiger partial charge in [-0.15, -0.1) is 0 Å². The number of hydrogen-bond acceptors (Lipinski definition) is 3. The third-order valence-electron chi connectivity index (χ3n) is 4.00. The van der Waals surface area contributed by atoms with Crippen molar-refractivity contribution in [2.75, 3.05) is 0 Å². The molecular weight excluding hydrogens is 301 g/mol. The predicted octanol–water partition coefficient (Wildman–Crippen LogP) is 2.85. The second-order valence-electron chi connectivity index (χ2n) is 5.67. The molecule has 1 aliphatic carbocycles. The summed E-state index contributed by atoms with van der Waals surface area (Å²) in [5.74, 6) is -1.04. The minimum atomic E-state index is -1.03. The number of halogens is 1. The number of benzene rings is 1. The van der Waals surface area contributed by atoms with Crippen LogP contribution in [0.15, 0.2) is 47.1 Å². The summed E-state index contributed by atoms with van der Waals surface area (Å²) in [4.78, 5) is 23.4. The lowest BCUT2D eigenvalue weighted by atomic mass is 10.0. The molecule has 1 saturated carbocycles. The highest BCUT2D eigenvalue weighted by Crippen LogP contribution is 2.48. The van der Waals surface area contributed by atoms with Crippen molar-refractivity contribution in [2.24, 2.45) is 5.92 Å². The molecule has 5 nitrogen and oxygen atoms in total. The van der Waals surface area contributed by atoms with Gasteiger partial charge >= 0.3 is 5.97 Å². The van der Waals surface area contributed by atoms with E-state index in [9.17, 15) is 14.0 Å². The molecule has 1 heterocycles. The number of carboxylic acid groups (broad SMARTS) is 1. The number of rotatable bonds is 6. The Morgan fingerprint density at radius 2 is 2.04 bits per heavy atom. The maximum Gasteiger partial charge on any atom is 0.305 e. The van der Waals surface area contributed by atoms with Gasteiger partial charge in [-0.2, -0.15) is 0 Å². The lowest BCUT2D eigenvalue weighted by molar-refractivity contribution is -0.137. The predicted molar refractivity (Wildman–Crippen MR) is 79.1 cm³/mol. The fourth-order valence-corrected chi connectivity index (χ4v) is 2.70. The highest BCUT2D eigenvalue weighted by atomic mass is 19.1. The number of hydrogen-bond donors (Lipinski definition) is 2. The monoisotopic (exact) mass is 317 g/mol. The van der Waals surface area contributed by atoms with Crippen LogP contribution in [0.3, 0.4) is 0 Å². The van der Waals surface area contributed by atoms with Gasteiger partial charge in [0.2, 0.25) is 5.91 Å². The minimum absolute atomic E-state index is 0.0451. The van der Waals surface area contributed by atoms with Gasteiger partial charge in [-0.25, -0.2) is 4.39 Å². The van der Waals surface area contributed by atoms with E-state index in [1.807, 2.05) is 6.07 Å². The Hall–Kier alpha value is -2.63. The van der Waals surface area contributed by atoms with E-state index < -0.39 is 17.8 Å². The summed E-state index contributed by atoms with van der Waals surface area (Å²) in [6.07, 6.45) is 1.99. The SMILES string of the molecule is O=C(O)C[C@H](NC(=O)[C@@H]1C[C@H]1c1ccco1)c1ccc(F)cc1. The number of amides is 1. The molecule has 3 atom stereocenters. The summed E-state index contributed by atoms with van der Waals surface area (Å²) >= 11 is 0. The van der Waals surface area contributed by atoms with Gasteiger partial charge in [0.05, 0.1) is 18.7 Å². The average Bonchev–Trinajstić information content (AvgIpc) is 3.13. The number of carbonyl (C=O) groups is 2. The standard InChI is InChI=1S/C17H16FNO4/c18-11-5-3-10(4-6-11)14(9-16(20)21)19-17(22)13-8-12(13)15-2-1-7-23-15/h1-7,12-14H,8-9H2,(H,19,22)(H,20,21)/t12-,13-,14+/m1/s1. The molecule has 1 fully saturated rings. The van der Waals surface area contributed by atoms with E-state index in [-0.39, 0.29) is 24.2 Å². The zero-order valence-corrected chi connectivity index (χ0v) is 12.2. The summed E-state index contributed by atoms with van der Waals surface area (Å²) in [5.41, 5.74) is 0.567. The van der Waals surface area contributed by atoms with Crippen molar-refractivity contribution in [1.29, 1.82) is 0 Å². The molecule has 6 heteroatoms. The van der Waals surface area contributed by atoms with Crippen LogP contribution in [-0.2, 0) is 9.59 Å². The summed E-state index contributed by atoms with van der Waals surface area (Å²) in [5, 5.41) is 11.8. The number of nitrogens with one attached hydrogen (secondary N) is 1. The fourth-order valence-electron chi connectivity index (χ4n) is 2.70. The van der Waals surface area contributed by atoms with Gasteiger partial charge in [-0.05, 0) is 36.2 Å². The molecule has 1 aromatic heterocycles. The van der Waals surface area contributed by atoms with Gasteiger partial charge in [-0.1, -0.05) is 12.1 Å². The van der Waals surface area contributed by atoms with Crippen molar-refractivity contribution >= 4 is 11.9 Å². The summed E-state index contributed by atoms with van der Waals surface area (Å²) in [6.45, 7) is 0. The van der Waals surface area contributed by atoms with Crippen LogP contribution in [0.5, 0.6) is 0 Å². The van der Waals surface area contributed by atoms with E-state index in [1.54, 1.807) is 12.3 Å². The van der Waals surface area contributed by atoms with Gasteiger partial charge in [0, 0.05) is 11.8 Å². The zero-order valence-electron chi connectivity index (χ0n) is 12.2. The molecular formula is C17H16FNO4. The molecule has 0 saturated heterocycles. The van der Waals surface area contributed by atoms with Crippen LogP contribution in [0, 0.1) is 11.7 Å². The fraction of sp³-hybridized carbons (Fsp3) is 0.294. The first-order valence-electron chi connectivity index (χ1n) is 7.35. The second-order valence-corrected chi connectivity index (χ2v) is 5.67. The highest BCUT2D eigenvalue weighted by Gasteiger charge is 2.46. The first kappa shape index (κ1) is 15.3. The topological polar surface area (TPSA) is 79.5 Å². The van der Waals surface area contributed by atoms with Gasteiger partial charge in [0.1, 0.15) is 11.6 Å². The van der Waals surface area contributed by atoms with Crippen molar-refractivity contribution in [3.63, 3.8) is 0 Å². The number of carbonyl (C=O) groups excluding carboxylic acids is 1. The van der Waals surface area contributed by atoms with E-state index in [4.69, 9.17) is 9.52 Å². The molecule has 3 rings (SSSR count). The Balaban J connectivity index is 1.68. The third kappa shape index (κ3) is 3.59. The Kier molecular flexibility index (Phi) is 4.14. The molecule has 0 radical (unpaired) electrons. The largest absolute Gasteiger partial charge is 0.481 e. The Labute approximate surface area is 132 Å². The molecule has 120 valence electrons. The molecule has 2 aromatic rings. The molecule has 0 bridgehead atoms. The normalized spacial score (nSPS) is 20.7. The molecule has 0 unspecified atom stereocenters. The highest BCUT2D eigenvalue weighted by molar-refractivity contribution is 5.83. The maximum absolute atomic E-state index is 13.0. The van der Waals surface area contributed by atoms with Gasteiger partial charge in [-0.3, -0.25) is 9.59 Å². The van der Waals surface area contributed by atoms with Crippen molar-refractivity contribution in [3.05, 3.63) is 59.8 Å². The van der Waals surface area contributed by atoms with Crippen LogP contribution in [-0.4, -0.2) is 17.0 Å². The van der Waals surface area contributed by atoms with Gasteiger partial charge < -0.3 is 14.8 Å². The van der Waals surface area contributed by atoms with Crippen molar-refractivity contribution in [2.45, 2.75) is 24.8 Å². The minimum Gasteiger partial charge on any atom is -0.481 e. The Morgan fingerprint density at radius 1 is 1.30 bits per heavy atom. The maximum atomic E-state index is 13.0. The number of furan rings is 1. The van der Waals surface area contributed by atoms with Crippen LogP contribution in [0.25, 0.3) is 0 Å². The van der Waals surface area contributed by atoms with E-state index in [2.05, 4.69) is 5.32 Å².